The number of nitrogens with two attached hydrogens (primary N) is 1. The van der Waals surface area contributed by atoms with Crippen molar-refractivity contribution in [3.63, 3.8) is 0 Å². The smallest absolute Gasteiger partial charge is 0.237 e. The molecular weight excluding hydrogens is 248 g/mol. The van der Waals surface area contributed by atoms with E-state index in [2.05, 4.69) is 5.32 Å². The predicted molar refractivity (Wildman–Crippen MR) is 75.6 cm³/mol. The average Bonchev–Trinajstić information content (AvgIpc) is 2.30. The van der Waals surface area contributed by atoms with Crippen LogP contribution in [0.2, 0.25) is 5.02 Å². The first kappa shape index (κ1) is 15.0. The summed E-state index contributed by atoms with van der Waals surface area (Å²) >= 11 is 5.82. The van der Waals surface area contributed by atoms with Crippen LogP contribution in [0.3, 0.4) is 0 Å². The van der Waals surface area contributed by atoms with E-state index in [9.17, 15) is 4.79 Å². The van der Waals surface area contributed by atoms with E-state index in [-0.39, 0.29) is 17.9 Å². The second-order valence-corrected chi connectivity index (χ2v) is 5.45. The Morgan fingerprint density at radius 2 is 1.83 bits per heavy atom. The molecule has 0 aliphatic carbocycles. The number of nitrogens with one attached hydrogen (secondary N) is 1. The van der Waals surface area contributed by atoms with Crippen molar-refractivity contribution in [3.05, 3.63) is 34.9 Å². The van der Waals surface area contributed by atoms with Crippen molar-refractivity contribution in [2.24, 2.45) is 11.7 Å². The Morgan fingerprint density at radius 1 is 1.28 bits per heavy atom. The molecule has 0 heterocycles. The normalized spacial score (nSPS) is 14.3. The third-order valence-corrected chi connectivity index (χ3v) is 3.12. The molecular formula is C14H21ClN2O. The molecule has 3 N–H and O–H groups in total. The fraction of sp³-hybridized carbons (Fsp3) is 0.500. The molecule has 0 saturated heterocycles. The lowest BCUT2D eigenvalue weighted by Crippen LogP contribution is -2.47. The van der Waals surface area contributed by atoms with Crippen LogP contribution in [0, 0.1) is 5.92 Å². The summed E-state index contributed by atoms with van der Waals surface area (Å²) in [6.07, 6.45) is 0.772. The van der Waals surface area contributed by atoms with Crippen LogP contribution in [-0.2, 0) is 11.2 Å². The maximum Gasteiger partial charge on any atom is 0.237 e. The monoisotopic (exact) mass is 268 g/mol. The van der Waals surface area contributed by atoms with Gasteiger partial charge in [-0.25, -0.2) is 0 Å². The maximum absolute atomic E-state index is 11.8. The van der Waals surface area contributed by atoms with Crippen LogP contribution in [0.1, 0.15) is 26.3 Å². The van der Waals surface area contributed by atoms with Gasteiger partial charge in [0.05, 0.1) is 6.04 Å². The van der Waals surface area contributed by atoms with Crippen LogP contribution in [0.4, 0.5) is 0 Å². The van der Waals surface area contributed by atoms with Gasteiger partial charge in [0.25, 0.3) is 0 Å². The summed E-state index contributed by atoms with van der Waals surface area (Å²) in [6.45, 7) is 5.85. The molecule has 1 aromatic carbocycles. The third kappa shape index (κ3) is 4.67. The number of rotatable bonds is 5. The molecule has 3 nitrogen and oxygen atoms in total. The molecule has 18 heavy (non-hydrogen) atoms. The topological polar surface area (TPSA) is 55.1 Å². The SMILES string of the molecule is CC(Cc1ccc(Cl)cc1)NC(=O)[C@@H](N)C(C)C. The first-order chi connectivity index (χ1) is 8.40. The molecule has 1 unspecified atom stereocenters. The van der Waals surface area contributed by atoms with Gasteiger partial charge in [0.2, 0.25) is 5.91 Å². The Kier molecular flexibility index (Phi) is 5.63. The molecule has 0 saturated carbocycles. The van der Waals surface area contributed by atoms with Gasteiger partial charge in [-0.05, 0) is 37.0 Å². The number of carbonyl (C=O) groups excluding carboxylic acids is 1. The molecule has 4 heteroatoms. The molecule has 1 aromatic rings. The van der Waals surface area contributed by atoms with E-state index in [1.807, 2.05) is 45.0 Å². The van der Waals surface area contributed by atoms with Gasteiger partial charge in [-0.1, -0.05) is 37.6 Å². The molecule has 0 spiro atoms. The van der Waals surface area contributed by atoms with Gasteiger partial charge in [-0.15, -0.1) is 0 Å². The number of hydrogen-bond donors (Lipinski definition) is 2. The lowest BCUT2D eigenvalue weighted by Gasteiger charge is -2.19. The van der Waals surface area contributed by atoms with Crippen molar-refractivity contribution in [3.8, 4) is 0 Å². The zero-order chi connectivity index (χ0) is 13.7. The second kappa shape index (κ2) is 6.76. The first-order valence-corrected chi connectivity index (χ1v) is 6.58. The highest BCUT2D eigenvalue weighted by Gasteiger charge is 2.18. The second-order valence-electron chi connectivity index (χ2n) is 5.01. The third-order valence-electron chi connectivity index (χ3n) is 2.86. The lowest BCUT2D eigenvalue weighted by molar-refractivity contribution is -0.123. The van der Waals surface area contributed by atoms with Gasteiger partial charge in [0.1, 0.15) is 0 Å². The zero-order valence-electron chi connectivity index (χ0n) is 11.1. The molecule has 100 valence electrons. The van der Waals surface area contributed by atoms with Crippen LogP contribution in [0.5, 0.6) is 0 Å². The Hall–Kier alpha value is -1.06. The first-order valence-electron chi connectivity index (χ1n) is 6.20. The van der Waals surface area contributed by atoms with Crippen LogP contribution in [0.25, 0.3) is 0 Å². The van der Waals surface area contributed by atoms with Crippen molar-refractivity contribution in [2.45, 2.75) is 39.3 Å². The van der Waals surface area contributed by atoms with Crippen LogP contribution < -0.4 is 11.1 Å². The van der Waals surface area contributed by atoms with Gasteiger partial charge in [-0.2, -0.15) is 0 Å². The molecule has 0 aliphatic heterocycles. The standard InChI is InChI=1S/C14H21ClN2O/c1-9(2)13(16)14(18)17-10(3)8-11-4-6-12(15)7-5-11/h4-7,9-10,13H,8,16H2,1-3H3,(H,17,18)/t10?,13-/m0/s1. The summed E-state index contributed by atoms with van der Waals surface area (Å²) in [5.41, 5.74) is 6.94. The molecule has 2 atom stereocenters. The molecule has 0 aliphatic rings. The Balaban J connectivity index is 2.49. The number of halogens is 1. The van der Waals surface area contributed by atoms with Crippen molar-refractivity contribution in [1.82, 2.24) is 5.32 Å². The minimum Gasteiger partial charge on any atom is -0.352 e. The van der Waals surface area contributed by atoms with Gasteiger partial charge in [0.15, 0.2) is 0 Å². The van der Waals surface area contributed by atoms with E-state index in [4.69, 9.17) is 17.3 Å². The molecule has 0 fully saturated rings. The summed E-state index contributed by atoms with van der Waals surface area (Å²) in [5.74, 6) is 0.0548. The number of carbonyl (C=O) groups is 1. The summed E-state index contributed by atoms with van der Waals surface area (Å²) in [5, 5.41) is 3.65. The Bertz CT molecular complexity index is 389. The van der Waals surface area contributed by atoms with Crippen LogP contribution in [-0.4, -0.2) is 18.0 Å². The van der Waals surface area contributed by atoms with Gasteiger partial charge < -0.3 is 11.1 Å². The van der Waals surface area contributed by atoms with E-state index >= 15 is 0 Å². The van der Waals surface area contributed by atoms with E-state index in [1.165, 1.54) is 0 Å². The largest absolute Gasteiger partial charge is 0.352 e. The van der Waals surface area contributed by atoms with Crippen molar-refractivity contribution < 1.29 is 4.79 Å². The van der Waals surface area contributed by atoms with E-state index in [0.717, 1.165) is 17.0 Å². The van der Waals surface area contributed by atoms with Crippen LogP contribution >= 0.6 is 11.6 Å². The zero-order valence-corrected chi connectivity index (χ0v) is 11.9. The molecule has 1 amide bonds. The highest BCUT2D eigenvalue weighted by atomic mass is 35.5. The van der Waals surface area contributed by atoms with E-state index in [0.29, 0.717) is 0 Å². The minimum absolute atomic E-state index is 0.0588. The van der Waals surface area contributed by atoms with Gasteiger partial charge in [-0.3, -0.25) is 4.79 Å². The average molecular weight is 269 g/mol. The quantitative estimate of drug-likeness (QED) is 0.861. The van der Waals surface area contributed by atoms with Crippen molar-refractivity contribution in [1.29, 1.82) is 0 Å². The number of benzene rings is 1. The highest BCUT2D eigenvalue weighted by Crippen LogP contribution is 2.11. The Morgan fingerprint density at radius 3 is 2.33 bits per heavy atom. The van der Waals surface area contributed by atoms with E-state index in [1.54, 1.807) is 0 Å². The Labute approximate surface area is 114 Å². The van der Waals surface area contributed by atoms with Gasteiger partial charge >= 0.3 is 0 Å². The number of amides is 1. The van der Waals surface area contributed by atoms with Crippen LogP contribution in [0.15, 0.2) is 24.3 Å². The van der Waals surface area contributed by atoms with Crippen molar-refractivity contribution in [2.75, 3.05) is 0 Å². The van der Waals surface area contributed by atoms with E-state index < -0.39 is 6.04 Å². The molecule has 0 aromatic heterocycles. The number of hydrogen-bond acceptors (Lipinski definition) is 2. The minimum atomic E-state index is -0.447. The van der Waals surface area contributed by atoms with Gasteiger partial charge in [0, 0.05) is 11.1 Å². The summed E-state index contributed by atoms with van der Waals surface area (Å²) in [6, 6.07) is 7.25. The lowest BCUT2D eigenvalue weighted by atomic mass is 10.0. The maximum atomic E-state index is 11.8. The van der Waals surface area contributed by atoms with Crippen molar-refractivity contribution >= 4 is 17.5 Å². The highest BCUT2D eigenvalue weighted by molar-refractivity contribution is 6.30. The summed E-state index contributed by atoms with van der Waals surface area (Å²) < 4.78 is 0. The summed E-state index contributed by atoms with van der Waals surface area (Å²) in [4.78, 5) is 11.8. The fourth-order valence-electron chi connectivity index (χ4n) is 1.67. The fourth-order valence-corrected chi connectivity index (χ4v) is 1.79. The summed E-state index contributed by atoms with van der Waals surface area (Å²) in [7, 11) is 0. The predicted octanol–water partition coefficient (Wildman–Crippen LogP) is 2.37. The molecule has 0 bridgehead atoms. The molecule has 0 radical (unpaired) electrons. The molecule has 1 rings (SSSR count).